The van der Waals surface area contributed by atoms with E-state index in [1.807, 2.05) is 72.5 Å². The Morgan fingerprint density at radius 1 is 1.19 bits per heavy atom. The van der Waals surface area contributed by atoms with E-state index in [-0.39, 0.29) is 5.91 Å². The van der Waals surface area contributed by atoms with Crippen LogP contribution >= 0.6 is 34.7 Å². The van der Waals surface area contributed by atoms with Gasteiger partial charge in [0.15, 0.2) is 10.3 Å². The van der Waals surface area contributed by atoms with Gasteiger partial charge in [-0.1, -0.05) is 35.5 Å². The van der Waals surface area contributed by atoms with E-state index in [9.17, 15) is 4.79 Å². The molecule has 0 aliphatic rings. The van der Waals surface area contributed by atoms with Crippen molar-refractivity contribution in [2.75, 3.05) is 4.90 Å². The van der Waals surface area contributed by atoms with Gasteiger partial charge in [0.2, 0.25) is 5.91 Å². The molecule has 2 aromatic carbocycles. The van der Waals surface area contributed by atoms with Crippen LogP contribution in [0.1, 0.15) is 23.7 Å². The number of benzene rings is 2. The van der Waals surface area contributed by atoms with Crippen molar-refractivity contribution in [3.63, 3.8) is 0 Å². The number of rotatable bonds is 6. The van der Waals surface area contributed by atoms with Gasteiger partial charge in [0.05, 0.1) is 11.4 Å². The lowest BCUT2D eigenvalue weighted by Crippen LogP contribution is -2.23. The summed E-state index contributed by atoms with van der Waals surface area (Å²) in [5.74, 6) is 0.597. The molecule has 0 fully saturated rings. The SMILES string of the molecule is CC(=O)N(c1nc(CSc2nccn2-c2ccc(Cl)cc2)cs1)c1cccc(C)c1C. The Balaban J connectivity index is 1.53. The molecule has 0 atom stereocenters. The monoisotopic (exact) mass is 468 g/mol. The maximum absolute atomic E-state index is 12.5. The molecule has 0 unspecified atom stereocenters. The van der Waals surface area contributed by atoms with Gasteiger partial charge in [-0.3, -0.25) is 14.3 Å². The highest BCUT2D eigenvalue weighted by atomic mass is 35.5. The summed E-state index contributed by atoms with van der Waals surface area (Å²) in [5, 5.41) is 4.25. The highest BCUT2D eigenvalue weighted by molar-refractivity contribution is 7.98. The predicted molar refractivity (Wildman–Crippen MR) is 129 cm³/mol. The summed E-state index contributed by atoms with van der Waals surface area (Å²) in [4.78, 5) is 23.4. The van der Waals surface area contributed by atoms with Crippen molar-refractivity contribution in [1.29, 1.82) is 0 Å². The van der Waals surface area contributed by atoms with E-state index in [2.05, 4.69) is 4.98 Å². The van der Waals surface area contributed by atoms with Crippen LogP contribution in [0.4, 0.5) is 10.8 Å². The minimum absolute atomic E-state index is 0.0551. The van der Waals surface area contributed by atoms with Crippen molar-refractivity contribution < 1.29 is 4.79 Å². The third-order valence-corrected chi connectivity index (χ3v) is 7.05. The minimum Gasteiger partial charge on any atom is -0.295 e. The number of carbonyl (C=O) groups excluding carboxylic acids is 1. The molecule has 8 heteroatoms. The summed E-state index contributed by atoms with van der Waals surface area (Å²) < 4.78 is 2.02. The summed E-state index contributed by atoms with van der Waals surface area (Å²) in [6.45, 7) is 5.64. The molecule has 2 heterocycles. The normalized spacial score (nSPS) is 11.0. The summed E-state index contributed by atoms with van der Waals surface area (Å²) in [5.41, 5.74) is 5.01. The average molecular weight is 469 g/mol. The van der Waals surface area contributed by atoms with Crippen molar-refractivity contribution in [2.45, 2.75) is 31.7 Å². The highest BCUT2D eigenvalue weighted by Crippen LogP contribution is 2.34. The smallest absolute Gasteiger partial charge is 0.230 e. The zero-order chi connectivity index (χ0) is 22.0. The first kappa shape index (κ1) is 21.6. The zero-order valence-corrected chi connectivity index (χ0v) is 19.8. The largest absolute Gasteiger partial charge is 0.295 e. The lowest BCUT2D eigenvalue weighted by molar-refractivity contribution is -0.115. The van der Waals surface area contributed by atoms with E-state index in [0.29, 0.717) is 15.9 Å². The zero-order valence-electron chi connectivity index (χ0n) is 17.4. The number of carbonyl (C=O) groups is 1. The fraction of sp³-hybridized carbons (Fsp3) is 0.174. The molecule has 4 rings (SSSR count). The molecular formula is C23H21ClN4OS2. The lowest BCUT2D eigenvalue weighted by atomic mass is 10.1. The second-order valence-corrected chi connectivity index (χ2v) is 9.26. The van der Waals surface area contributed by atoms with E-state index < -0.39 is 0 Å². The fourth-order valence-electron chi connectivity index (χ4n) is 3.18. The Hall–Kier alpha value is -2.61. The van der Waals surface area contributed by atoms with Crippen LogP contribution in [-0.4, -0.2) is 20.4 Å². The summed E-state index contributed by atoms with van der Waals surface area (Å²) in [7, 11) is 0. The molecule has 0 saturated carbocycles. The van der Waals surface area contributed by atoms with E-state index in [1.165, 1.54) is 11.3 Å². The van der Waals surface area contributed by atoms with E-state index in [4.69, 9.17) is 16.6 Å². The molecule has 4 aromatic rings. The number of thiazole rings is 1. The first-order valence-corrected chi connectivity index (χ1v) is 11.9. The Labute approximate surface area is 194 Å². The Bertz CT molecular complexity index is 1220. The Kier molecular flexibility index (Phi) is 6.46. The predicted octanol–water partition coefficient (Wildman–Crippen LogP) is 6.58. The van der Waals surface area contributed by atoms with Crippen LogP contribution in [0.3, 0.4) is 0 Å². The highest BCUT2D eigenvalue weighted by Gasteiger charge is 2.20. The van der Waals surface area contributed by atoms with Crippen molar-refractivity contribution in [3.8, 4) is 5.69 Å². The van der Waals surface area contributed by atoms with Gasteiger partial charge in [-0.05, 0) is 55.3 Å². The van der Waals surface area contributed by atoms with E-state index >= 15 is 0 Å². The van der Waals surface area contributed by atoms with Crippen LogP contribution in [0.5, 0.6) is 0 Å². The number of hydrogen-bond acceptors (Lipinski definition) is 5. The molecule has 0 N–H and O–H groups in total. The van der Waals surface area contributed by atoms with Crippen LogP contribution in [0, 0.1) is 13.8 Å². The number of anilines is 2. The second kappa shape index (κ2) is 9.26. The Morgan fingerprint density at radius 2 is 1.97 bits per heavy atom. The molecule has 0 bridgehead atoms. The molecule has 2 aromatic heterocycles. The molecular weight excluding hydrogens is 448 g/mol. The average Bonchev–Trinajstić information content (AvgIpc) is 3.40. The van der Waals surface area contributed by atoms with E-state index in [0.717, 1.165) is 33.4 Å². The number of nitrogens with zero attached hydrogens (tertiary/aromatic N) is 4. The first-order valence-electron chi connectivity index (χ1n) is 9.67. The van der Waals surface area contributed by atoms with Crippen LogP contribution in [0.15, 0.2) is 65.4 Å². The lowest BCUT2D eigenvalue weighted by Gasteiger charge is -2.21. The summed E-state index contributed by atoms with van der Waals surface area (Å²) in [6, 6.07) is 13.6. The molecule has 0 saturated heterocycles. The van der Waals surface area contributed by atoms with Crippen LogP contribution in [0.25, 0.3) is 5.69 Å². The van der Waals surface area contributed by atoms with Crippen molar-refractivity contribution in [1.82, 2.24) is 14.5 Å². The van der Waals surface area contributed by atoms with Crippen LogP contribution in [0.2, 0.25) is 5.02 Å². The molecule has 0 radical (unpaired) electrons. The van der Waals surface area contributed by atoms with Crippen molar-refractivity contribution in [3.05, 3.63) is 82.1 Å². The number of thioether (sulfide) groups is 1. The molecule has 0 spiro atoms. The molecule has 0 aliphatic carbocycles. The van der Waals surface area contributed by atoms with Crippen LogP contribution in [-0.2, 0) is 10.5 Å². The van der Waals surface area contributed by atoms with Gasteiger partial charge in [0.1, 0.15) is 0 Å². The van der Waals surface area contributed by atoms with Crippen molar-refractivity contribution in [2.24, 2.45) is 0 Å². The van der Waals surface area contributed by atoms with Gasteiger partial charge in [-0.25, -0.2) is 9.97 Å². The molecule has 31 heavy (non-hydrogen) atoms. The summed E-state index contributed by atoms with van der Waals surface area (Å²) in [6.07, 6.45) is 3.71. The quantitative estimate of drug-likeness (QED) is 0.300. The molecule has 5 nitrogen and oxygen atoms in total. The summed E-state index contributed by atoms with van der Waals surface area (Å²) >= 11 is 9.08. The third kappa shape index (κ3) is 4.69. The van der Waals surface area contributed by atoms with Gasteiger partial charge in [0, 0.05) is 41.2 Å². The topological polar surface area (TPSA) is 51.0 Å². The van der Waals surface area contributed by atoms with Gasteiger partial charge in [-0.2, -0.15) is 0 Å². The number of hydrogen-bond donors (Lipinski definition) is 0. The fourth-order valence-corrected chi connectivity index (χ4v) is 5.16. The van der Waals surface area contributed by atoms with Gasteiger partial charge in [-0.15, -0.1) is 11.3 Å². The second-order valence-electron chi connectivity index (χ2n) is 7.04. The number of aryl methyl sites for hydroxylation is 1. The third-order valence-electron chi connectivity index (χ3n) is 4.92. The molecule has 158 valence electrons. The minimum atomic E-state index is -0.0551. The van der Waals surface area contributed by atoms with Gasteiger partial charge >= 0.3 is 0 Å². The maximum Gasteiger partial charge on any atom is 0.230 e. The molecule has 1 amide bonds. The maximum atomic E-state index is 12.5. The first-order chi connectivity index (χ1) is 14.9. The number of halogens is 1. The molecule has 0 aliphatic heterocycles. The van der Waals surface area contributed by atoms with E-state index in [1.54, 1.807) is 29.8 Å². The van der Waals surface area contributed by atoms with Gasteiger partial charge < -0.3 is 0 Å². The standard InChI is InChI=1S/C23H21ClN4OS2/c1-15-5-4-6-21(16(15)2)28(17(3)29)23-26-19(14-31-23)13-30-22-25-11-12-27(22)20-9-7-18(24)8-10-20/h4-12,14H,13H2,1-3H3. The Morgan fingerprint density at radius 3 is 2.71 bits per heavy atom. The van der Waals surface area contributed by atoms with Crippen molar-refractivity contribution >= 4 is 51.4 Å². The number of imidazole rings is 1. The number of amides is 1. The van der Waals surface area contributed by atoms with Gasteiger partial charge in [0.25, 0.3) is 0 Å². The van der Waals surface area contributed by atoms with Crippen LogP contribution < -0.4 is 4.90 Å². The number of aromatic nitrogens is 3.